The predicted molar refractivity (Wildman–Crippen MR) is 59.2 cm³/mol. The molecule has 0 atom stereocenters. The lowest BCUT2D eigenvalue weighted by Crippen LogP contribution is -2.27. The Morgan fingerprint density at radius 2 is 2.13 bits per heavy atom. The lowest BCUT2D eigenvalue weighted by molar-refractivity contribution is 0.418. The zero-order chi connectivity index (χ0) is 11.0. The van der Waals surface area contributed by atoms with Gasteiger partial charge in [-0.25, -0.2) is 0 Å². The Bertz CT molecular complexity index is 572. The van der Waals surface area contributed by atoms with E-state index in [4.69, 9.17) is 17.0 Å². The largest absolute Gasteiger partial charge is 0.496 e. The molecule has 0 bridgehead atoms. The van der Waals surface area contributed by atoms with E-state index in [1.807, 2.05) is 0 Å². The van der Waals surface area contributed by atoms with Crippen molar-refractivity contribution < 1.29 is 9.15 Å². The monoisotopic (exact) mass is 200 g/mol. The molecular formula is C11H9BO3. The highest BCUT2D eigenvalue weighted by molar-refractivity contribution is 6.33. The van der Waals surface area contributed by atoms with Crippen LogP contribution in [0.5, 0.6) is 5.75 Å². The number of ether oxygens (including phenoxy) is 1. The lowest BCUT2D eigenvalue weighted by Gasteiger charge is -2.06. The number of methoxy groups -OCH3 is 1. The van der Waals surface area contributed by atoms with Gasteiger partial charge in [0.1, 0.15) is 24.6 Å². The third-order valence-corrected chi connectivity index (χ3v) is 2.32. The van der Waals surface area contributed by atoms with Gasteiger partial charge >= 0.3 is 0 Å². The van der Waals surface area contributed by atoms with Gasteiger partial charge < -0.3 is 9.15 Å². The zero-order valence-electron chi connectivity index (χ0n) is 8.53. The maximum absolute atomic E-state index is 11.9. The molecule has 0 aliphatic carbocycles. The summed E-state index contributed by atoms with van der Waals surface area (Å²) in [7, 11) is 7.11. The van der Waals surface area contributed by atoms with Crippen LogP contribution in [0.2, 0.25) is 0 Å². The summed E-state index contributed by atoms with van der Waals surface area (Å²) in [5, 5.41) is 0.392. The summed E-state index contributed by atoms with van der Waals surface area (Å²) < 4.78 is 10.5. The Kier molecular flexibility index (Phi) is 2.27. The van der Waals surface area contributed by atoms with Crippen molar-refractivity contribution in [1.29, 1.82) is 0 Å². The van der Waals surface area contributed by atoms with Crippen molar-refractivity contribution in [3.8, 4) is 5.75 Å². The fourth-order valence-electron chi connectivity index (χ4n) is 1.50. The highest BCUT2D eigenvalue weighted by atomic mass is 16.5. The first-order valence-corrected chi connectivity index (χ1v) is 4.51. The topological polar surface area (TPSA) is 39.4 Å². The van der Waals surface area contributed by atoms with Gasteiger partial charge in [-0.05, 0) is 24.5 Å². The molecule has 2 rings (SSSR count). The smallest absolute Gasteiger partial charge is 0.189 e. The molecule has 3 nitrogen and oxygen atoms in total. The summed E-state index contributed by atoms with van der Waals surface area (Å²) >= 11 is 0. The highest BCUT2D eigenvalue weighted by Crippen LogP contribution is 2.21. The molecule has 0 saturated carbocycles. The Balaban J connectivity index is 3.00. The second kappa shape index (κ2) is 3.46. The van der Waals surface area contributed by atoms with Crippen molar-refractivity contribution in [1.82, 2.24) is 0 Å². The van der Waals surface area contributed by atoms with Crippen molar-refractivity contribution in [2.75, 3.05) is 7.11 Å². The zero-order valence-corrected chi connectivity index (χ0v) is 8.53. The minimum absolute atomic E-state index is 0.131. The quantitative estimate of drug-likeness (QED) is 0.642. The maximum Gasteiger partial charge on any atom is 0.189 e. The van der Waals surface area contributed by atoms with Gasteiger partial charge in [-0.15, -0.1) is 0 Å². The summed E-state index contributed by atoms with van der Waals surface area (Å²) in [5.41, 5.74) is 0.379. The second-order valence-corrected chi connectivity index (χ2v) is 3.23. The summed E-state index contributed by atoms with van der Waals surface area (Å²) in [6, 6.07) is 5.18. The Morgan fingerprint density at radius 1 is 1.40 bits per heavy atom. The predicted octanol–water partition coefficient (Wildman–Crippen LogP) is 0.904. The van der Waals surface area contributed by atoms with Crippen molar-refractivity contribution in [3.63, 3.8) is 0 Å². The van der Waals surface area contributed by atoms with E-state index in [0.717, 1.165) is 0 Å². The summed E-state index contributed by atoms with van der Waals surface area (Å²) in [5.74, 6) is 0.911. The molecule has 0 spiro atoms. The van der Waals surface area contributed by atoms with Crippen LogP contribution in [0.1, 0.15) is 5.76 Å². The van der Waals surface area contributed by atoms with E-state index < -0.39 is 0 Å². The molecular weight excluding hydrogens is 191 g/mol. The second-order valence-electron chi connectivity index (χ2n) is 3.23. The molecule has 2 radical (unpaired) electrons. The van der Waals surface area contributed by atoms with Gasteiger partial charge in [-0.1, -0.05) is 6.07 Å². The van der Waals surface area contributed by atoms with Crippen LogP contribution in [0.25, 0.3) is 11.0 Å². The van der Waals surface area contributed by atoms with Crippen LogP contribution in [-0.4, -0.2) is 15.0 Å². The van der Waals surface area contributed by atoms with Gasteiger partial charge in [0.15, 0.2) is 5.43 Å². The van der Waals surface area contributed by atoms with Gasteiger partial charge in [0.05, 0.1) is 12.9 Å². The van der Waals surface area contributed by atoms with Crippen LogP contribution in [0.3, 0.4) is 0 Å². The molecule has 0 unspecified atom stereocenters. The van der Waals surface area contributed by atoms with Crippen molar-refractivity contribution in [3.05, 3.63) is 34.2 Å². The molecule has 1 aromatic carbocycles. The molecule has 74 valence electrons. The molecule has 2 aromatic rings. The molecule has 0 N–H and O–H groups in total. The van der Waals surface area contributed by atoms with E-state index in [1.54, 1.807) is 25.1 Å². The lowest BCUT2D eigenvalue weighted by atomic mass is 9.93. The molecule has 1 aromatic heterocycles. The van der Waals surface area contributed by atoms with Gasteiger partial charge in [-0.3, -0.25) is 4.79 Å². The maximum atomic E-state index is 11.9. The molecule has 4 heteroatoms. The Labute approximate surface area is 88.1 Å². The van der Waals surface area contributed by atoms with Crippen molar-refractivity contribution in [2.24, 2.45) is 0 Å². The van der Waals surface area contributed by atoms with Crippen LogP contribution in [0, 0.1) is 6.92 Å². The average molecular weight is 200 g/mol. The Hall–Kier alpha value is -1.71. The number of aryl methyl sites for hydroxylation is 1. The SMILES string of the molecule is [B]c1c(C)oc2cccc(OC)c2c1=O. The van der Waals surface area contributed by atoms with E-state index in [1.165, 1.54) is 7.11 Å². The summed E-state index contributed by atoms with van der Waals surface area (Å²) in [6.07, 6.45) is 0. The summed E-state index contributed by atoms with van der Waals surface area (Å²) in [4.78, 5) is 11.9. The van der Waals surface area contributed by atoms with E-state index >= 15 is 0 Å². The third kappa shape index (κ3) is 1.42. The molecule has 0 fully saturated rings. The first-order valence-electron chi connectivity index (χ1n) is 4.51. The molecule has 0 aliphatic rings. The fourth-order valence-corrected chi connectivity index (χ4v) is 1.50. The molecule has 0 saturated heterocycles. The van der Waals surface area contributed by atoms with Gasteiger partial charge in [0, 0.05) is 0 Å². The minimum Gasteiger partial charge on any atom is -0.496 e. The fraction of sp³-hybridized carbons (Fsp3) is 0.182. The van der Waals surface area contributed by atoms with Crippen LogP contribution in [0.15, 0.2) is 27.4 Å². The van der Waals surface area contributed by atoms with Crippen LogP contribution in [-0.2, 0) is 0 Å². The Morgan fingerprint density at radius 3 is 2.80 bits per heavy atom. The third-order valence-electron chi connectivity index (χ3n) is 2.32. The van der Waals surface area contributed by atoms with E-state index in [-0.39, 0.29) is 10.9 Å². The van der Waals surface area contributed by atoms with Crippen LogP contribution < -0.4 is 15.6 Å². The highest BCUT2D eigenvalue weighted by Gasteiger charge is 2.10. The number of fused-ring (bicyclic) bond motifs is 1. The van der Waals surface area contributed by atoms with Crippen LogP contribution >= 0.6 is 0 Å². The first kappa shape index (κ1) is 9.83. The normalized spacial score (nSPS) is 10.5. The average Bonchev–Trinajstić information content (AvgIpc) is 2.25. The van der Waals surface area contributed by atoms with E-state index in [9.17, 15) is 4.79 Å². The van der Waals surface area contributed by atoms with E-state index in [2.05, 4.69) is 0 Å². The van der Waals surface area contributed by atoms with Gasteiger partial charge in [-0.2, -0.15) is 0 Å². The molecule has 15 heavy (non-hydrogen) atoms. The number of rotatable bonds is 1. The van der Waals surface area contributed by atoms with Gasteiger partial charge in [0.25, 0.3) is 0 Å². The van der Waals surface area contributed by atoms with E-state index in [0.29, 0.717) is 22.5 Å². The standard InChI is InChI=1S/C11H9BO3/c1-6-10(12)11(13)9-7(14-2)4-3-5-8(9)15-6/h3-5H,1-2H3. The number of hydrogen-bond acceptors (Lipinski definition) is 3. The number of benzene rings is 1. The summed E-state index contributed by atoms with van der Waals surface area (Å²) in [6.45, 7) is 1.66. The molecule has 0 amide bonds. The van der Waals surface area contributed by atoms with Crippen molar-refractivity contribution in [2.45, 2.75) is 6.92 Å². The molecule has 0 aliphatic heterocycles. The van der Waals surface area contributed by atoms with Crippen LogP contribution in [0.4, 0.5) is 0 Å². The van der Waals surface area contributed by atoms with Gasteiger partial charge in [0.2, 0.25) is 0 Å². The molecule has 1 heterocycles. The minimum atomic E-state index is -0.244. The number of hydrogen-bond donors (Lipinski definition) is 0. The van der Waals surface area contributed by atoms with Crippen molar-refractivity contribution >= 4 is 24.3 Å². The first-order chi connectivity index (χ1) is 7.15.